The number of hydrogen-bond donors (Lipinski definition) is 2. The van der Waals surface area contributed by atoms with Gasteiger partial charge >= 0.3 is 0 Å². The smallest absolute Gasteiger partial charge is 0.197 e. The zero-order chi connectivity index (χ0) is 15.0. The molecule has 3 aromatic rings. The zero-order valence-electron chi connectivity index (χ0n) is 10.8. The number of aromatic amines is 1. The first-order chi connectivity index (χ1) is 10.0. The Morgan fingerprint density at radius 1 is 1.19 bits per heavy atom. The lowest BCUT2D eigenvalue weighted by Gasteiger charge is -2.05. The Balaban J connectivity index is 1.94. The number of nitrogens with one attached hydrogen (secondary N) is 1. The molecule has 0 spiro atoms. The number of imidazole rings is 1. The number of rotatable bonds is 3. The predicted octanol–water partition coefficient (Wildman–Crippen LogP) is 3.76. The van der Waals surface area contributed by atoms with Crippen LogP contribution in [0.3, 0.4) is 0 Å². The van der Waals surface area contributed by atoms with E-state index in [9.17, 15) is 4.21 Å². The van der Waals surface area contributed by atoms with Gasteiger partial charge < -0.3 is 10.7 Å². The quantitative estimate of drug-likeness (QED) is 0.713. The monoisotopic (exact) mass is 339 g/mol. The van der Waals surface area contributed by atoms with Gasteiger partial charge in [0, 0.05) is 21.3 Å². The molecule has 0 fully saturated rings. The fourth-order valence-corrected chi connectivity index (χ4v) is 3.80. The third-order valence-corrected chi connectivity index (χ3v) is 4.92. The first kappa shape index (κ1) is 14.4. The van der Waals surface area contributed by atoms with Gasteiger partial charge in [-0.3, -0.25) is 4.21 Å². The number of hydrogen-bond acceptors (Lipinski definition) is 3. The average molecular weight is 340 g/mol. The SMILES string of the molecule is Nc1ccc2nc(S(=O)Cc3c(Cl)cccc3Cl)[nH]c2c1. The number of aromatic nitrogens is 2. The fourth-order valence-electron chi connectivity index (χ4n) is 1.98. The summed E-state index contributed by atoms with van der Waals surface area (Å²) >= 11 is 12.2. The van der Waals surface area contributed by atoms with E-state index in [1.165, 1.54) is 0 Å². The van der Waals surface area contributed by atoms with E-state index in [0.717, 1.165) is 11.0 Å². The molecule has 0 radical (unpaired) electrons. The van der Waals surface area contributed by atoms with Crippen LogP contribution in [0, 0.1) is 0 Å². The molecule has 0 saturated carbocycles. The highest BCUT2D eigenvalue weighted by molar-refractivity contribution is 7.84. The lowest BCUT2D eigenvalue weighted by atomic mass is 10.2. The Bertz CT molecular complexity index is 827. The molecule has 3 N–H and O–H groups in total. The summed E-state index contributed by atoms with van der Waals surface area (Å²) in [5.74, 6) is 0.202. The highest BCUT2D eigenvalue weighted by Gasteiger charge is 2.14. The maximum absolute atomic E-state index is 12.4. The van der Waals surface area contributed by atoms with Gasteiger partial charge in [-0.05, 0) is 30.3 Å². The molecule has 1 unspecified atom stereocenters. The lowest BCUT2D eigenvalue weighted by Crippen LogP contribution is -2.00. The minimum atomic E-state index is -1.37. The van der Waals surface area contributed by atoms with Gasteiger partial charge in [-0.15, -0.1) is 0 Å². The second kappa shape index (κ2) is 5.67. The van der Waals surface area contributed by atoms with Crippen molar-refractivity contribution in [3.05, 3.63) is 52.0 Å². The molecule has 0 bridgehead atoms. The van der Waals surface area contributed by atoms with Crippen molar-refractivity contribution in [2.24, 2.45) is 0 Å². The minimum absolute atomic E-state index is 0.202. The number of H-pyrrole nitrogens is 1. The van der Waals surface area contributed by atoms with Crippen LogP contribution in [-0.2, 0) is 16.6 Å². The van der Waals surface area contributed by atoms with E-state index in [1.807, 2.05) is 0 Å². The van der Waals surface area contributed by atoms with E-state index in [4.69, 9.17) is 28.9 Å². The summed E-state index contributed by atoms with van der Waals surface area (Å²) in [5, 5.41) is 1.37. The van der Waals surface area contributed by atoms with E-state index in [0.29, 0.717) is 26.5 Å². The Morgan fingerprint density at radius 3 is 2.62 bits per heavy atom. The summed E-state index contributed by atoms with van der Waals surface area (Å²) in [6, 6.07) is 10.5. The van der Waals surface area contributed by atoms with E-state index < -0.39 is 10.8 Å². The Hall–Kier alpha value is -1.56. The van der Waals surface area contributed by atoms with Crippen LogP contribution in [0.25, 0.3) is 11.0 Å². The van der Waals surface area contributed by atoms with E-state index in [2.05, 4.69) is 9.97 Å². The Morgan fingerprint density at radius 2 is 1.90 bits per heavy atom. The molecule has 1 heterocycles. The summed E-state index contributed by atoms with van der Waals surface area (Å²) in [6.07, 6.45) is 0. The first-order valence-electron chi connectivity index (χ1n) is 6.11. The molecule has 0 saturated heterocycles. The summed E-state index contributed by atoms with van der Waals surface area (Å²) < 4.78 is 12.4. The van der Waals surface area contributed by atoms with Crippen molar-refractivity contribution in [3.8, 4) is 0 Å². The second-order valence-electron chi connectivity index (χ2n) is 4.51. The standard InChI is InChI=1S/C14H11Cl2N3OS/c15-10-2-1-3-11(16)9(10)7-21(20)14-18-12-5-4-8(17)6-13(12)19-14/h1-6H,7,17H2,(H,18,19). The van der Waals surface area contributed by atoms with E-state index in [1.54, 1.807) is 36.4 Å². The Labute approximate surface area is 133 Å². The third-order valence-electron chi connectivity index (χ3n) is 3.04. The summed E-state index contributed by atoms with van der Waals surface area (Å²) in [6.45, 7) is 0. The molecular formula is C14H11Cl2N3OS. The van der Waals surface area contributed by atoms with Crippen LogP contribution in [-0.4, -0.2) is 14.2 Å². The van der Waals surface area contributed by atoms with Gasteiger partial charge in [0.1, 0.15) is 0 Å². The average Bonchev–Trinajstić information content (AvgIpc) is 2.86. The van der Waals surface area contributed by atoms with Crippen molar-refractivity contribution in [1.82, 2.24) is 9.97 Å². The van der Waals surface area contributed by atoms with E-state index >= 15 is 0 Å². The molecule has 0 aliphatic rings. The van der Waals surface area contributed by atoms with Crippen molar-refractivity contribution >= 4 is 50.7 Å². The van der Waals surface area contributed by atoms with Gasteiger partial charge in [0.05, 0.1) is 27.6 Å². The number of fused-ring (bicyclic) bond motifs is 1. The number of benzene rings is 2. The molecule has 2 aromatic carbocycles. The molecular weight excluding hydrogens is 329 g/mol. The summed E-state index contributed by atoms with van der Waals surface area (Å²) in [5.41, 5.74) is 8.46. The molecule has 4 nitrogen and oxygen atoms in total. The van der Waals surface area contributed by atoms with Crippen molar-refractivity contribution in [2.45, 2.75) is 10.9 Å². The van der Waals surface area contributed by atoms with Crippen LogP contribution >= 0.6 is 23.2 Å². The van der Waals surface area contributed by atoms with E-state index in [-0.39, 0.29) is 5.75 Å². The van der Waals surface area contributed by atoms with Crippen LogP contribution in [0.2, 0.25) is 10.0 Å². The van der Waals surface area contributed by atoms with Gasteiger partial charge in [-0.25, -0.2) is 4.98 Å². The summed E-state index contributed by atoms with van der Waals surface area (Å²) in [4.78, 5) is 7.33. The highest BCUT2D eigenvalue weighted by atomic mass is 35.5. The molecule has 1 atom stereocenters. The number of nitrogens with zero attached hydrogens (tertiary/aromatic N) is 1. The first-order valence-corrected chi connectivity index (χ1v) is 8.18. The minimum Gasteiger partial charge on any atom is -0.399 e. The fraction of sp³-hybridized carbons (Fsp3) is 0.0714. The van der Waals surface area contributed by atoms with Crippen LogP contribution in [0.4, 0.5) is 5.69 Å². The van der Waals surface area contributed by atoms with Crippen LogP contribution < -0.4 is 5.73 Å². The second-order valence-corrected chi connectivity index (χ2v) is 6.69. The van der Waals surface area contributed by atoms with Gasteiger partial charge in [-0.1, -0.05) is 29.3 Å². The molecule has 7 heteroatoms. The van der Waals surface area contributed by atoms with Gasteiger partial charge in [0.25, 0.3) is 0 Å². The maximum Gasteiger partial charge on any atom is 0.197 e. The molecule has 108 valence electrons. The van der Waals surface area contributed by atoms with Crippen molar-refractivity contribution < 1.29 is 4.21 Å². The molecule has 0 aliphatic carbocycles. The largest absolute Gasteiger partial charge is 0.399 e. The summed E-state index contributed by atoms with van der Waals surface area (Å²) in [7, 11) is -1.37. The lowest BCUT2D eigenvalue weighted by molar-refractivity contribution is 0.677. The van der Waals surface area contributed by atoms with Crippen molar-refractivity contribution in [1.29, 1.82) is 0 Å². The van der Waals surface area contributed by atoms with Crippen LogP contribution in [0.5, 0.6) is 0 Å². The normalized spacial score (nSPS) is 12.7. The van der Waals surface area contributed by atoms with Crippen LogP contribution in [0.15, 0.2) is 41.6 Å². The van der Waals surface area contributed by atoms with Gasteiger partial charge in [0.15, 0.2) is 5.16 Å². The van der Waals surface area contributed by atoms with Gasteiger partial charge in [0.2, 0.25) is 0 Å². The van der Waals surface area contributed by atoms with Gasteiger partial charge in [-0.2, -0.15) is 0 Å². The third kappa shape index (κ3) is 2.90. The molecule has 0 amide bonds. The number of halogens is 2. The van der Waals surface area contributed by atoms with Crippen molar-refractivity contribution in [2.75, 3.05) is 5.73 Å². The number of nitrogen functional groups attached to an aromatic ring is 1. The highest BCUT2D eigenvalue weighted by Crippen LogP contribution is 2.27. The number of nitrogens with two attached hydrogens (primary N) is 1. The zero-order valence-corrected chi connectivity index (χ0v) is 13.1. The Kier molecular flexibility index (Phi) is 3.89. The topological polar surface area (TPSA) is 71.8 Å². The molecule has 21 heavy (non-hydrogen) atoms. The molecule has 0 aliphatic heterocycles. The van der Waals surface area contributed by atoms with Crippen LogP contribution in [0.1, 0.15) is 5.56 Å². The molecule has 1 aromatic heterocycles. The predicted molar refractivity (Wildman–Crippen MR) is 87.1 cm³/mol. The maximum atomic E-state index is 12.4. The van der Waals surface area contributed by atoms with Crippen molar-refractivity contribution in [3.63, 3.8) is 0 Å². The molecule has 3 rings (SSSR count). The number of anilines is 1.